The van der Waals surface area contributed by atoms with E-state index in [1.165, 1.54) is 0 Å². The predicted octanol–water partition coefficient (Wildman–Crippen LogP) is -0.763. The Morgan fingerprint density at radius 3 is 2.65 bits per heavy atom. The van der Waals surface area contributed by atoms with Crippen LogP contribution < -0.4 is 16.9 Å². The van der Waals surface area contributed by atoms with Gasteiger partial charge in [0.05, 0.1) is 0 Å². The molecule has 2 rings (SSSR count). The van der Waals surface area contributed by atoms with Crippen molar-refractivity contribution in [2.75, 3.05) is 0 Å². The zero-order valence-electron chi connectivity index (χ0n) is 9.89. The lowest BCUT2D eigenvalue weighted by Crippen LogP contribution is -2.59. The van der Waals surface area contributed by atoms with E-state index in [1.54, 1.807) is 5.01 Å². The van der Waals surface area contributed by atoms with E-state index in [0.717, 1.165) is 25.7 Å². The fourth-order valence-electron chi connectivity index (χ4n) is 2.69. The Morgan fingerprint density at radius 1 is 1.24 bits per heavy atom. The molecular formula is C11H20N4O2. The highest BCUT2D eigenvalue weighted by Gasteiger charge is 2.35. The van der Waals surface area contributed by atoms with Crippen LogP contribution in [0.1, 0.15) is 38.5 Å². The van der Waals surface area contributed by atoms with E-state index in [2.05, 4.69) is 5.32 Å². The first-order valence-corrected chi connectivity index (χ1v) is 6.20. The third-order valence-corrected chi connectivity index (χ3v) is 3.68. The van der Waals surface area contributed by atoms with Crippen molar-refractivity contribution in [2.24, 2.45) is 11.6 Å². The molecule has 6 nitrogen and oxygen atoms in total. The monoisotopic (exact) mass is 240 g/mol. The van der Waals surface area contributed by atoms with Crippen molar-refractivity contribution in [1.29, 1.82) is 0 Å². The highest BCUT2D eigenvalue weighted by molar-refractivity contribution is 6.00. The average Bonchev–Trinajstić information content (AvgIpc) is 2.28. The second-order valence-corrected chi connectivity index (χ2v) is 4.99. The van der Waals surface area contributed by atoms with Crippen LogP contribution in [0.3, 0.4) is 0 Å². The molecule has 0 radical (unpaired) electrons. The highest BCUT2D eigenvalue weighted by Crippen LogP contribution is 2.23. The largest absolute Gasteiger partial charge is 0.328 e. The number of hydrogen-bond donors (Lipinski definition) is 3. The fraction of sp³-hybridized carbons (Fsp3) is 0.818. The van der Waals surface area contributed by atoms with Gasteiger partial charge in [-0.3, -0.25) is 20.7 Å². The second-order valence-electron chi connectivity index (χ2n) is 4.99. The Labute approximate surface area is 101 Å². The number of rotatable bonds is 2. The predicted molar refractivity (Wildman–Crippen MR) is 62.4 cm³/mol. The summed E-state index contributed by atoms with van der Waals surface area (Å²) < 4.78 is 0. The van der Waals surface area contributed by atoms with Crippen LogP contribution in [0.2, 0.25) is 0 Å². The van der Waals surface area contributed by atoms with Crippen LogP contribution >= 0.6 is 0 Å². The summed E-state index contributed by atoms with van der Waals surface area (Å²) in [6, 6.07) is -0.0567. The molecule has 0 aromatic rings. The minimum atomic E-state index is -0.386. The smallest absolute Gasteiger partial charge is 0.245 e. The fourth-order valence-corrected chi connectivity index (χ4v) is 2.69. The molecule has 1 aliphatic carbocycles. The molecule has 6 heteroatoms. The van der Waals surface area contributed by atoms with Gasteiger partial charge in [0.25, 0.3) is 0 Å². The van der Waals surface area contributed by atoms with Gasteiger partial charge in [-0.2, -0.15) is 0 Å². The number of nitrogens with one attached hydrogen (secondary N) is 1. The number of carbonyl (C=O) groups is 2. The number of piperidine rings is 1. The summed E-state index contributed by atoms with van der Waals surface area (Å²) in [7, 11) is 0. The minimum absolute atomic E-state index is 0.155. The maximum absolute atomic E-state index is 11.7. The topological polar surface area (TPSA) is 101 Å². The minimum Gasteiger partial charge on any atom is -0.328 e. The van der Waals surface area contributed by atoms with Crippen LogP contribution in [0.15, 0.2) is 0 Å². The third-order valence-electron chi connectivity index (χ3n) is 3.68. The lowest BCUT2D eigenvalue weighted by atomic mass is 9.90. The number of nitrogens with zero attached hydrogens (tertiary/aromatic N) is 1. The van der Waals surface area contributed by atoms with E-state index >= 15 is 0 Å². The maximum Gasteiger partial charge on any atom is 0.245 e. The standard InChI is InChI=1S/C11H20N4O2/c12-7-2-1-3-8(6-7)15(13)9-4-5-10(16)14-11(9)17/h7-9H,1-6,12-13H2,(H,14,16,17). The van der Waals surface area contributed by atoms with Gasteiger partial charge in [-0.1, -0.05) is 6.42 Å². The molecule has 96 valence electrons. The number of imide groups is 1. The van der Waals surface area contributed by atoms with E-state index in [4.69, 9.17) is 11.6 Å². The van der Waals surface area contributed by atoms with Crippen molar-refractivity contribution in [3.8, 4) is 0 Å². The van der Waals surface area contributed by atoms with Crippen molar-refractivity contribution in [2.45, 2.75) is 56.7 Å². The molecular weight excluding hydrogens is 220 g/mol. The van der Waals surface area contributed by atoms with Gasteiger partial charge >= 0.3 is 0 Å². The van der Waals surface area contributed by atoms with E-state index < -0.39 is 0 Å². The van der Waals surface area contributed by atoms with E-state index in [9.17, 15) is 9.59 Å². The summed E-state index contributed by atoms with van der Waals surface area (Å²) >= 11 is 0. The van der Waals surface area contributed by atoms with Crippen LogP contribution in [-0.2, 0) is 9.59 Å². The summed E-state index contributed by atoms with van der Waals surface area (Å²) in [4.78, 5) is 22.7. The van der Waals surface area contributed by atoms with Crippen LogP contribution in [0.5, 0.6) is 0 Å². The van der Waals surface area contributed by atoms with E-state index in [1.807, 2.05) is 0 Å². The molecule has 0 aromatic carbocycles. The first-order chi connectivity index (χ1) is 8.08. The van der Waals surface area contributed by atoms with Gasteiger partial charge in [-0.25, -0.2) is 5.01 Å². The maximum atomic E-state index is 11.7. The van der Waals surface area contributed by atoms with Crippen LogP contribution in [0.4, 0.5) is 0 Å². The van der Waals surface area contributed by atoms with Crippen LogP contribution in [0.25, 0.3) is 0 Å². The molecule has 1 saturated heterocycles. The van der Waals surface area contributed by atoms with Crippen molar-refractivity contribution in [1.82, 2.24) is 10.3 Å². The first-order valence-electron chi connectivity index (χ1n) is 6.20. The zero-order valence-corrected chi connectivity index (χ0v) is 9.89. The van der Waals surface area contributed by atoms with E-state index in [0.29, 0.717) is 12.8 Å². The molecule has 2 amide bonds. The van der Waals surface area contributed by atoms with Gasteiger partial charge in [0, 0.05) is 18.5 Å². The molecule has 2 aliphatic rings. The van der Waals surface area contributed by atoms with Crippen molar-refractivity contribution in [3.63, 3.8) is 0 Å². The number of hydrazine groups is 1. The van der Waals surface area contributed by atoms with Gasteiger partial charge in [-0.15, -0.1) is 0 Å². The highest BCUT2D eigenvalue weighted by atomic mass is 16.2. The molecule has 0 spiro atoms. The molecule has 1 heterocycles. The van der Waals surface area contributed by atoms with Crippen molar-refractivity contribution in [3.05, 3.63) is 0 Å². The average molecular weight is 240 g/mol. The Hall–Kier alpha value is -0.980. The molecule has 3 unspecified atom stereocenters. The zero-order chi connectivity index (χ0) is 12.4. The molecule has 1 aliphatic heterocycles. The summed E-state index contributed by atoms with van der Waals surface area (Å²) in [5, 5.41) is 3.94. The Balaban J connectivity index is 1.96. The van der Waals surface area contributed by atoms with Gasteiger partial charge in [0.15, 0.2) is 0 Å². The molecule has 0 bridgehead atoms. The van der Waals surface area contributed by atoms with Gasteiger partial charge in [0.2, 0.25) is 11.8 Å². The van der Waals surface area contributed by atoms with Crippen LogP contribution in [-0.4, -0.2) is 34.9 Å². The lowest BCUT2D eigenvalue weighted by molar-refractivity contribution is -0.138. The lowest BCUT2D eigenvalue weighted by Gasteiger charge is -2.38. The first kappa shape index (κ1) is 12.5. The van der Waals surface area contributed by atoms with Crippen LogP contribution in [0, 0.1) is 0 Å². The summed E-state index contributed by atoms with van der Waals surface area (Å²) in [5.41, 5.74) is 5.91. The number of carbonyl (C=O) groups excluding carboxylic acids is 2. The number of hydrogen-bond acceptors (Lipinski definition) is 5. The summed E-state index contributed by atoms with van der Waals surface area (Å²) in [6.45, 7) is 0. The second kappa shape index (κ2) is 5.12. The summed E-state index contributed by atoms with van der Waals surface area (Å²) in [6.07, 6.45) is 4.75. The molecule has 17 heavy (non-hydrogen) atoms. The number of amides is 2. The Kier molecular flexibility index (Phi) is 3.76. The van der Waals surface area contributed by atoms with Crippen molar-refractivity contribution >= 4 is 11.8 Å². The van der Waals surface area contributed by atoms with Gasteiger partial charge in [0.1, 0.15) is 6.04 Å². The van der Waals surface area contributed by atoms with Gasteiger partial charge in [-0.05, 0) is 25.7 Å². The summed E-state index contributed by atoms with van der Waals surface area (Å²) in [5.74, 6) is 5.54. The third kappa shape index (κ3) is 2.83. The Bertz CT molecular complexity index is 321. The van der Waals surface area contributed by atoms with Gasteiger partial charge < -0.3 is 5.73 Å². The molecule has 3 atom stereocenters. The van der Waals surface area contributed by atoms with Crippen molar-refractivity contribution < 1.29 is 9.59 Å². The quantitative estimate of drug-likeness (QED) is 0.334. The SMILES string of the molecule is NC1CCCC(N(N)C2CCC(=O)NC2=O)C1. The molecule has 5 N–H and O–H groups in total. The normalized spacial score (nSPS) is 34.9. The molecule has 0 aromatic heterocycles. The number of nitrogens with two attached hydrogens (primary N) is 2. The van der Waals surface area contributed by atoms with E-state index in [-0.39, 0.29) is 29.9 Å². The Morgan fingerprint density at radius 2 is 2.00 bits per heavy atom. The molecule has 2 fully saturated rings. The molecule has 1 saturated carbocycles.